The summed E-state index contributed by atoms with van der Waals surface area (Å²) in [5.41, 5.74) is -0.644. The Labute approximate surface area is 368 Å². The summed E-state index contributed by atoms with van der Waals surface area (Å²) in [6, 6.07) is 0. The summed E-state index contributed by atoms with van der Waals surface area (Å²) in [5, 5.41) is 9.18. The third-order valence-electron chi connectivity index (χ3n) is 9.73. The summed E-state index contributed by atoms with van der Waals surface area (Å²) in [6.07, 6.45) is 33.0. The predicted octanol–water partition coefficient (Wildman–Crippen LogP) is 9.28. The van der Waals surface area contributed by atoms with Crippen LogP contribution in [0.3, 0.4) is 0 Å². The van der Waals surface area contributed by atoms with E-state index < -0.39 is 5.60 Å². The van der Waals surface area contributed by atoms with Crippen LogP contribution in [0.5, 0.6) is 0 Å². The molecule has 0 spiro atoms. The van der Waals surface area contributed by atoms with Gasteiger partial charge < -0.3 is 53.1 Å². The third-order valence-corrected chi connectivity index (χ3v) is 9.73. The molecule has 0 aromatic rings. The Balaban J connectivity index is -0.00000236. The summed E-state index contributed by atoms with van der Waals surface area (Å²) in [5.74, 6) is 1.21. The molecule has 0 aromatic carbocycles. The van der Waals surface area contributed by atoms with Gasteiger partial charge in [0.25, 0.3) is 0 Å². The molecule has 0 aromatic heterocycles. The summed E-state index contributed by atoms with van der Waals surface area (Å²) in [7, 11) is 0. The van der Waals surface area contributed by atoms with E-state index in [9.17, 15) is 14.7 Å². The second-order valence-corrected chi connectivity index (χ2v) is 15.7. The van der Waals surface area contributed by atoms with E-state index in [0.29, 0.717) is 31.3 Å². The standard InChI is InChI=1S/C37H72NO5.C7H12.CH3.K/c1-6-8-16-24-34(25-17-9-7-2)28-33-42-35(40)26-18-12-10-14-20-29-38(31-22-23-32-39)30-21-15-11-13-19-27-36(41)43-37(3,4)5;1-7-5-3-2-4-6-7;;/h34,39H,3,6-33H2,1-2,4-5H3;5,7H,1-4,6H2;1H3;/q-1;-2;-1;+1. The van der Waals surface area contributed by atoms with Gasteiger partial charge in [0.2, 0.25) is 0 Å². The number of carbonyl (C=O) groups is 2. The van der Waals surface area contributed by atoms with Gasteiger partial charge in [0.15, 0.2) is 0 Å². The Hall–Kier alpha value is 0.496. The van der Waals surface area contributed by atoms with Gasteiger partial charge >= 0.3 is 63.3 Å². The fourth-order valence-electron chi connectivity index (χ4n) is 6.64. The summed E-state index contributed by atoms with van der Waals surface area (Å²) in [4.78, 5) is 26.6. The number of carbonyl (C=O) groups excluding carboxylic acids is 2. The van der Waals surface area contributed by atoms with Crippen LogP contribution in [0.15, 0.2) is 0 Å². The quantitative estimate of drug-likeness (QED) is 0.0319. The van der Waals surface area contributed by atoms with E-state index in [-0.39, 0.29) is 77.4 Å². The first-order valence-electron chi connectivity index (χ1n) is 21.3. The molecule has 6 nitrogen and oxygen atoms in total. The molecule has 52 heavy (non-hydrogen) atoms. The number of hydrogen-bond acceptors (Lipinski definition) is 6. The Morgan fingerprint density at radius 2 is 1.25 bits per heavy atom. The fourth-order valence-corrected chi connectivity index (χ4v) is 6.64. The minimum absolute atomic E-state index is 0. The van der Waals surface area contributed by atoms with Crippen molar-refractivity contribution in [2.45, 2.75) is 207 Å². The number of ether oxygens (including phenoxy) is 2. The minimum atomic E-state index is -0.644. The van der Waals surface area contributed by atoms with Gasteiger partial charge in [-0.2, -0.15) is 6.42 Å². The number of esters is 2. The maximum absolute atomic E-state index is 12.2. The zero-order valence-corrected chi connectivity index (χ0v) is 38.9. The van der Waals surface area contributed by atoms with Gasteiger partial charge in [-0.1, -0.05) is 130 Å². The SMILES string of the molecule is [CH2-]C(C)(C)OC(=O)CCCCCCCN(CCCCO)CCCCCCCC(=O)OCCC(CCCCC)CCCCC.[CH2-]C1[CH-]CCCC1.[CH3-].[K+]. The first kappa shape index (κ1) is 56.8. The fraction of sp³-hybridized carbons (Fsp3) is 0.867. The maximum Gasteiger partial charge on any atom is 1.00 e. The molecule has 1 N–H and O–H groups in total. The molecule has 0 amide bonds. The van der Waals surface area contributed by atoms with E-state index in [2.05, 4.69) is 39.0 Å². The van der Waals surface area contributed by atoms with Crippen molar-refractivity contribution in [2.75, 3.05) is 32.8 Å². The van der Waals surface area contributed by atoms with Crippen molar-refractivity contribution < 1.29 is 75.6 Å². The van der Waals surface area contributed by atoms with E-state index in [1.807, 2.05) is 0 Å². The number of rotatable bonds is 32. The molecule has 7 heteroatoms. The second kappa shape index (κ2) is 41.1. The van der Waals surface area contributed by atoms with Crippen molar-refractivity contribution in [2.24, 2.45) is 11.8 Å². The van der Waals surface area contributed by atoms with Gasteiger partial charge in [-0.3, -0.25) is 9.59 Å². The normalized spacial score (nSPS) is 14.3. The molecular weight excluding hydrogens is 674 g/mol. The molecular formula is C45H87KNO5-3. The van der Waals surface area contributed by atoms with E-state index in [0.717, 1.165) is 71.0 Å². The average Bonchev–Trinajstić information content (AvgIpc) is 3.07. The number of hydrogen-bond donors (Lipinski definition) is 1. The van der Waals surface area contributed by atoms with Crippen molar-refractivity contribution in [3.05, 3.63) is 27.7 Å². The summed E-state index contributed by atoms with van der Waals surface area (Å²) < 4.78 is 10.9. The van der Waals surface area contributed by atoms with Gasteiger partial charge in [-0.05, 0) is 76.1 Å². The average molecular weight is 761 g/mol. The van der Waals surface area contributed by atoms with Crippen LogP contribution in [-0.2, 0) is 19.1 Å². The molecule has 306 valence electrons. The summed E-state index contributed by atoms with van der Waals surface area (Å²) >= 11 is 0. The van der Waals surface area contributed by atoms with Gasteiger partial charge in [0.1, 0.15) is 0 Å². The van der Waals surface area contributed by atoms with E-state index in [1.54, 1.807) is 13.8 Å². The van der Waals surface area contributed by atoms with E-state index >= 15 is 0 Å². The van der Waals surface area contributed by atoms with Gasteiger partial charge in [0.05, 0.1) is 6.61 Å². The molecule has 1 aliphatic carbocycles. The first-order chi connectivity index (χ1) is 24.1. The van der Waals surface area contributed by atoms with Crippen molar-refractivity contribution in [1.82, 2.24) is 4.90 Å². The Bertz CT molecular complexity index is 742. The molecule has 0 saturated heterocycles. The zero-order valence-electron chi connectivity index (χ0n) is 35.8. The molecule has 1 atom stereocenters. The van der Waals surface area contributed by atoms with Crippen LogP contribution in [0.1, 0.15) is 201 Å². The van der Waals surface area contributed by atoms with Gasteiger partial charge in [0, 0.05) is 19.4 Å². The summed E-state index contributed by atoms with van der Waals surface area (Å²) in [6.45, 7) is 20.0. The largest absolute Gasteiger partial charge is 1.00 e. The van der Waals surface area contributed by atoms with Crippen LogP contribution < -0.4 is 51.4 Å². The molecule has 0 bridgehead atoms. The minimum Gasteiger partial charge on any atom is -0.493 e. The zero-order chi connectivity index (χ0) is 37.1. The maximum atomic E-state index is 12.2. The van der Waals surface area contributed by atoms with Crippen molar-refractivity contribution >= 4 is 11.9 Å². The van der Waals surface area contributed by atoms with Crippen LogP contribution >= 0.6 is 0 Å². The number of unbranched alkanes of at least 4 members (excludes halogenated alkanes) is 13. The number of aliphatic hydroxyl groups is 1. The van der Waals surface area contributed by atoms with Crippen LogP contribution in [0.4, 0.5) is 0 Å². The Morgan fingerprint density at radius 3 is 1.69 bits per heavy atom. The van der Waals surface area contributed by atoms with Gasteiger partial charge in [-0.15, -0.1) is 6.42 Å². The van der Waals surface area contributed by atoms with Crippen LogP contribution in [0.2, 0.25) is 0 Å². The van der Waals surface area contributed by atoms with Crippen LogP contribution in [0, 0.1) is 39.5 Å². The Morgan fingerprint density at radius 1 is 0.750 bits per heavy atom. The molecule has 0 heterocycles. The predicted molar refractivity (Wildman–Crippen MR) is 219 cm³/mol. The first-order valence-corrected chi connectivity index (χ1v) is 21.3. The van der Waals surface area contributed by atoms with E-state index in [1.165, 1.54) is 109 Å². The molecule has 1 rings (SSSR count). The smallest absolute Gasteiger partial charge is 0.493 e. The molecule has 1 saturated carbocycles. The molecule has 0 aliphatic heterocycles. The second-order valence-electron chi connectivity index (χ2n) is 15.7. The van der Waals surface area contributed by atoms with Crippen molar-refractivity contribution in [1.29, 1.82) is 0 Å². The molecule has 1 fully saturated rings. The number of nitrogens with zero attached hydrogens (tertiary/aromatic N) is 1. The Kier molecular flexibility index (Phi) is 45.0. The van der Waals surface area contributed by atoms with Crippen molar-refractivity contribution in [3.8, 4) is 0 Å². The molecule has 0 radical (unpaired) electrons. The van der Waals surface area contributed by atoms with Crippen molar-refractivity contribution in [3.63, 3.8) is 0 Å². The van der Waals surface area contributed by atoms with E-state index in [4.69, 9.17) is 9.47 Å². The van der Waals surface area contributed by atoms with Crippen LogP contribution in [-0.4, -0.2) is 60.4 Å². The number of aliphatic hydroxyl groups excluding tert-OH is 1. The topological polar surface area (TPSA) is 76.1 Å². The molecule has 1 unspecified atom stereocenters. The third kappa shape index (κ3) is 41.7. The molecule has 1 aliphatic rings. The monoisotopic (exact) mass is 761 g/mol. The van der Waals surface area contributed by atoms with Gasteiger partial charge in [-0.25, -0.2) is 0 Å². The van der Waals surface area contributed by atoms with Crippen LogP contribution in [0.25, 0.3) is 0 Å².